The Morgan fingerprint density at radius 1 is 1.38 bits per heavy atom. The molecule has 0 bridgehead atoms. The molecule has 1 rings (SSSR count). The molecule has 0 aromatic carbocycles. The lowest BCUT2D eigenvalue weighted by molar-refractivity contribution is -0.125. The van der Waals surface area contributed by atoms with Gasteiger partial charge < -0.3 is 11.1 Å². The van der Waals surface area contributed by atoms with E-state index in [0.29, 0.717) is 5.69 Å². The fourth-order valence-corrected chi connectivity index (χ4v) is 1.88. The van der Waals surface area contributed by atoms with Crippen LogP contribution >= 0.6 is 0 Å². The van der Waals surface area contributed by atoms with Crippen LogP contribution in [0, 0.1) is 5.92 Å². The van der Waals surface area contributed by atoms with Crippen LogP contribution in [0.5, 0.6) is 0 Å². The molecule has 1 aromatic heterocycles. The number of pyridine rings is 1. The number of unbranched alkanes of at least 4 members (excludes halogenated alkanes) is 1. The molecular weight excluding hydrogens is 266 g/mol. The number of nitrogens with one attached hydrogen (secondary N) is 1. The first-order valence-electron chi connectivity index (χ1n) is 7.38. The van der Waals surface area contributed by atoms with Crippen LogP contribution in [0.15, 0.2) is 18.3 Å². The van der Waals surface area contributed by atoms with Gasteiger partial charge in [-0.2, -0.15) is 0 Å². The van der Waals surface area contributed by atoms with E-state index < -0.39 is 11.4 Å². The van der Waals surface area contributed by atoms with Crippen molar-refractivity contribution in [3.8, 4) is 0 Å². The number of aryl methyl sites for hydroxylation is 1. The van der Waals surface area contributed by atoms with Crippen LogP contribution in [-0.2, 0) is 11.2 Å². The third-order valence-electron chi connectivity index (χ3n) is 3.92. The van der Waals surface area contributed by atoms with Gasteiger partial charge in [-0.1, -0.05) is 33.3 Å². The number of carbonyl (C=O) groups excluding carboxylic acids is 2. The highest BCUT2D eigenvalue weighted by atomic mass is 16.2. The molecule has 1 heterocycles. The lowest BCUT2D eigenvalue weighted by Crippen LogP contribution is -2.58. The van der Waals surface area contributed by atoms with E-state index in [1.807, 2.05) is 19.9 Å². The van der Waals surface area contributed by atoms with Crippen LogP contribution in [-0.4, -0.2) is 22.3 Å². The molecule has 0 aliphatic carbocycles. The summed E-state index contributed by atoms with van der Waals surface area (Å²) in [5.41, 5.74) is 5.72. The molecule has 5 heteroatoms. The Hall–Kier alpha value is -1.91. The SMILES string of the molecule is CCCCc1ccc(C(=O)NC(C)(C(N)=O)C(C)C)nc1. The van der Waals surface area contributed by atoms with Gasteiger partial charge in [-0.15, -0.1) is 0 Å². The van der Waals surface area contributed by atoms with Crippen LogP contribution in [0.25, 0.3) is 0 Å². The molecule has 0 radical (unpaired) electrons. The fraction of sp³-hybridized carbons (Fsp3) is 0.562. The lowest BCUT2D eigenvalue weighted by atomic mass is 9.87. The predicted molar refractivity (Wildman–Crippen MR) is 82.8 cm³/mol. The molecule has 21 heavy (non-hydrogen) atoms. The number of hydrogen-bond acceptors (Lipinski definition) is 3. The van der Waals surface area contributed by atoms with E-state index in [2.05, 4.69) is 17.2 Å². The minimum atomic E-state index is -1.08. The predicted octanol–water partition coefficient (Wildman–Crippen LogP) is 2.05. The maximum atomic E-state index is 12.2. The average molecular weight is 291 g/mol. The van der Waals surface area contributed by atoms with Crippen molar-refractivity contribution in [2.75, 3.05) is 0 Å². The number of nitrogens with two attached hydrogens (primary N) is 1. The largest absolute Gasteiger partial charge is 0.368 e. The number of amides is 2. The standard InChI is InChI=1S/C16H25N3O2/c1-5-6-7-12-8-9-13(18-10-12)14(20)19-16(4,11(2)3)15(17)21/h8-11H,5-7H2,1-4H3,(H2,17,21)(H,19,20). The summed E-state index contributed by atoms with van der Waals surface area (Å²) in [6, 6.07) is 3.58. The van der Waals surface area contributed by atoms with E-state index in [0.717, 1.165) is 24.8 Å². The Labute approximate surface area is 126 Å². The van der Waals surface area contributed by atoms with Crippen molar-refractivity contribution in [3.63, 3.8) is 0 Å². The molecule has 0 fully saturated rings. The normalized spacial score (nSPS) is 13.8. The molecule has 2 amide bonds. The minimum Gasteiger partial charge on any atom is -0.368 e. The van der Waals surface area contributed by atoms with Crippen molar-refractivity contribution in [2.45, 2.75) is 52.5 Å². The Kier molecular flexibility index (Phi) is 5.88. The van der Waals surface area contributed by atoms with Crippen molar-refractivity contribution >= 4 is 11.8 Å². The Balaban J connectivity index is 2.81. The third-order valence-corrected chi connectivity index (χ3v) is 3.92. The molecule has 0 aliphatic heterocycles. The zero-order valence-electron chi connectivity index (χ0n) is 13.3. The quantitative estimate of drug-likeness (QED) is 0.806. The van der Waals surface area contributed by atoms with Crippen LogP contribution in [0.3, 0.4) is 0 Å². The molecule has 5 nitrogen and oxygen atoms in total. The maximum absolute atomic E-state index is 12.2. The Morgan fingerprint density at radius 3 is 2.48 bits per heavy atom. The summed E-state index contributed by atoms with van der Waals surface area (Å²) in [6.07, 6.45) is 4.88. The van der Waals surface area contributed by atoms with Gasteiger partial charge in [0.05, 0.1) is 0 Å². The molecule has 1 atom stereocenters. The van der Waals surface area contributed by atoms with Gasteiger partial charge in [-0.05, 0) is 37.3 Å². The van der Waals surface area contributed by atoms with Crippen LogP contribution in [0.4, 0.5) is 0 Å². The van der Waals surface area contributed by atoms with E-state index in [-0.39, 0.29) is 11.8 Å². The van der Waals surface area contributed by atoms with Crippen molar-refractivity contribution < 1.29 is 9.59 Å². The molecule has 0 saturated heterocycles. The van der Waals surface area contributed by atoms with Gasteiger partial charge >= 0.3 is 0 Å². The van der Waals surface area contributed by atoms with E-state index in [9.17, 15) is 9.59 Å². The summed E-state index contributed by atoms with van der Waals surface area (Å²) < 4.78 is 0. The topological polar surface area (TPSA) is 85.1 Å². The molecule has 0 saturated carbocycles. The van der Waals surface area contributed by atoms with Gasteiger partial charge in [0.2, 0.25) is 5.91 Å². The highest BCUT2D eigenvalue weighted by Crippen LogP contribution is 2.16. The number of aromatic nitrogens is 1. The van der Waals surface area contributed by atoms with Gasteiger partial charge in [0.1, 0.15) is 11.2 Å². The lowest BCUT2D eigenvalue weighted by Gasteiger charge is -2.31. The summed E-state index contributed by atoms with van der Waals surface area (Å²) in [4.78, 5) is 28.0. The molecular formula is C16H25N3O2. The molecule has 0 aliphatic rings. The molecule has 0 spiro atoms. The van der Waals surface area contributed by atoms with Crippen molar-refractivity contribution in [2.24, 2.45) is 11.7 Å². The van der Waals surface area contributed by atoms with Gasteiger partial charge in [-0.3, -0.25) is 14.6 Å². The molecule has 1 unspecified atom stereocenters. The first-order valence-corrected chi connectivity index (χ1v) is 7.38. The average Bonchev–Trinajstić information content (AvgIpc) is 2.45. The van der Waals surface area contributed by atoms with Crippen LogP contribution in [0.1, 0.15) is 56.6 Å². The van der Waals surface area contributed by atoms with Crippen LogP contribution < -0.4 is 11.1 Å². The molecule has 3 N–H and O–H groups in total. The van der Waals surface area contributed by atoms with Crippen molar-refractivity contribution in [3.05, 3.63) is 29.6 Å². The number of nitrogens with zero attached hydrogens (tertiary/aromatic N) is 1. The summed E-state index contributed by atoms with van der Waals surface area (Å²) in [7, 11) is 0. The smallest absolute Gasteiger partial charge is 0.270 e. The van der Waals surface area contributed by atoms with Crippen LogP contribution in [0.2, 0.25) is 0 Å². The first kappa shape index (κ1) is 17.1. The van der Waals surface area contributed by atoms with Crippen molar-refractivity contribution in [1.29, 1.82) is 0 Å². The number of hydrogen-bond donors (Lipinski definition) is 2. The number of primary amides is 1. The number of rotatable bonds is 7. The minimum absolute atomic E-state index is 0.109. The van der Waals surface area contributed by atoms with Gasteiger partial charge in [-0.25, -0.2) is 0 Å². The summed E-state index contributed by atoms with van der Waals surface area (Å²) in [5, 5.41) is 2.70. The highest BCUT2D eigenvalue weighted by Gasteiger charge is 2.36. The monoisotopic (exact) mass is 291 g/mol. The van der Waals surface area contributed by atoms with E-state index in [1.165, 1.54) is 0 Å². The second-order valence-corrected chi connectivity index (χ2v) is 5.83. The van der Waals surface area contributed by atoms with E-state index >= 15 is 0 Å². The zero-order valence-corrected chi connectivity index (χ0v) is 13.3. The highest BCUT2D eigenvalue weighted by molar-refractivity contribution is 5.97. The van der Waals surface area contributed by atoms with E-state index in [4.69, 9.17) is 5.73 Å². The maximum Gasteiger partial charge on any atom is 0.270 e. The number of carbonyl (C=O) groups is 2. The third kappa shape index (κ3) is 4.28. The summed E-state index contributed by atoms with van der Waals surface area (Å²) in [5.74, 6) is -1.04. The first-order chi connectivity index (χ1) is 9.81. The second kappa shape index (κ2) is 7.20. The molecule has 116 valence electrons. The fourth-order valence-electron chi connectivity index (χ4n) is 1.88. The molecule has 1 aromatic rings. The Morgan fingerprint density at radius 2 is 2.05 bits per heavy atom. The van der Waals surface area contributed by atoms with Gasteiger partial charge in [0.15, 0.2) is 0 Å². The van der Waals surface area contributed by atoms with Crippen molar-refractivity contribution in [1.82, 2.24) is 10.3 Å². The van der Waals surface area contributed by atoms with Gasteiger partial charge in [0, 0.05) is 6.20 Å². The zero-order chi connectivity index (χ0) is 16.0. The van der Waals surface area contributed by atoms with E-state index in [1.54, 1.807) is 19.2 Å². The summed E-state index contributed by atoms with van der Waals surface area (Å²) in [6.45, 7) is 7.44. The summed E-state index contributed by atoms with van der Waals surface area (Å²) >= 11 is 0. The Bertz CT molecular complexity index is 497. The second-order valence-electron chi connectivity index (χ2n) is 5.83. The van der Waals surface area contributed by atoms with Gasteiger partial charge in [0.25, 0.3) is 5.91 Å².